The second-order valence-electron chi connectivity index (χ2n) is 10.3. The van der Waals surface area contributed by atoms with Crippen LogP contribution in [0.25, 0.3) is 0 Å². The minimum Gasteiger partial charge on any atom is -0.489 e. The highest BCUT2D eigenvalue weighted by Crippen LogP contribution is 2.25. The van der Waals surface area contributed by atoms with Crippen molar-refractivity contribution in [2.45, 2.75) is 26.7 Å². The minimum atomic E-state index is -0.405. The number of carbonyl (C=O) groups is 2. The lowest BCUT2D eigenvalue weighted by Crippen LogP contribution is -2.34. The predicted octanol–water partition coefficient (Wildman–Crippen LogP) is 7.63. The zero-order valence-electron chi connectivity index (χ0n) is 25.1. The molecule has 228 valence electrons. The fourth-order valence-corrected chi connectivity index (χ4v) is 4.59. The van der Waals surface area contributed by atoms with E-state index in [1.165, 1.54) is 6.92 Å². The zero-order valence-corrected chi connectivity index (χ0v) is 25.1. The van der Waals surface area contributed by atoms with Crippen molar-refractivity contribution in [3.8, 4) is 17.2 Å². The first-order chi connectivity index (χ1) is 22.0. The van der Waals surface area contributed by atoms with Crippen LogP contribution in [0.5, 0.6) is 17.2 Å². The van der Waals surface area contributed by atoms with Crippen LogP contribution >= 0.6 is 0 Å². The average Bonchev–Trinajstić information content (AvgIpc) is 3.08. The van der Waals surface area contributed by atoms with Gasteiger partial charge in [0.2, 0.25) is 0 Å². The summed E-state index contributed by atoms with van der Waals surface area (Å²) >= 11 is 0. The van der Waals surface area contributed by atoms with E-state index in [1.54, 1.807) is 29.2 Å². The summed E-state index contributed by atoms with van der Waals surface area (Å²) in [4.78, 5) is 26.7. The Bertz CT molecular complexity index is 1670. The van der Waals surface area contributed by atoms with Gasteiger partial charge in [-0.15, -0.1) is 0 Å². The van der Waals surface area contributed by atoms with E-state index >= 15 is 0 Å². The minimum absolute atomic E-state index is 0.0610. The molecule has 0 aromatic heterocycles. The summed E-state index contributed by atoms with van der Waals surface area (Å²) in [5.41, 5.74) is 4.20. The number of benzene rings is 5. The molecule has 0 aliphatic carbocycles. The number of anilines is 1. The molecule has 5 aromatic rings. The van der Waals surface area contributed by atoms with Crippen molar-refractivity contribution in [2.24, 2.45) is 0 Å². The smallest absolute Gasteiger partial charge is 0.302 e. The molecule has 0 aliphatic heterocycles. The lowest BCUT2D eigenvalue weighted by Gasteiger charge is -2.23. The maximum absolute atomic E-state index is 13.7. The Kier molecular flexibility index (Phi) is 10.8. The Labute approximate surface area is 263 Å². The third-order valence-electron chi connectivity index (χ3n) is 6.90. The molecule has 0 N–H and O–H groups in total. The van der Waals surface area contributed by atoms with Gasteiger partial charge in [0, 0.05) is 24.2 Å². The molecule has 7 heteroatoms. The molecule has 0 radical (unpaired) electrons. The molecule has 45 heavy (non-hydrogen) atoms. The topological polar surface area (TPSA) is 74.3 Å². The molecule has 0 spiro atoms. The Morgan fingerprint density at radius 3 is 1.71 bits per heavy atom. The van der Waals surface area contributed by atoms with Gasteiger partial charge in [0.1, 0.15) is 43.7 Å². The summed E-state index contributed by atoms with van der Waals surface area (Å²) < 4.78 is 23.1. The van der Waals surface area contributed by atoms with E-state index in [-0.39, 0.29) is 19.1 Å². The standard InChI is InChI=1S/C38H35NO6/c1-29(40)42-23-22-39(34-15-9-17-37(25-34)45-27-31-12-6-3-7-13-31)38(41)33-18-20-35(21-19-33)43-28-32-14-8-16-36(24-32)44-26-30-10-4-2-5-11-30/h2-21,24-25H,22-23,26-28H2,1H3. The molecule has 7 nitrogen and oxygen atoms in total. The van der Waals surface area contributed by atoms with Gasteiger partial charge in [0.05, 0.1) is 6.54 Å². The second kappa shape index (κ2) is 15.8. The highest BCUT2D eigenvalue weighted by Gasteiger charge is 2.19. The monoisotopic (exact) mass is 601 g/mol. The summed E-state index contributed by atoms with van der Waals surface area (Å²) in [6.45, 7) is 2.83. The van der Waals surface area contributed by atoms with E-state index in [4.69, 9.17) is 18.9 Å². The number of carbonyl (C=O) groups excluding carboxylic acids is 2. The van der Waals surface area contributed by atoms with Gasteiger partial charge in [-0.05, 0) is 65.2 Å². The van der Waals surface area contributed by atoms with Crippen LogP contribution in [0.3, 0.4) is 0 Å². The molecular formula is C38H35NO6. The molecule has 0 bridgehead atoms. The number of esters is 1. The summed E-state index contributed by atoms with van der Waals surface area (Å²) in [5.74, 6) is 1.38. The fraction of sp³-hybridized carbons (Fsp3) is 0.158. The van der Waals surface area contributed by atoms with E-state index in [9.17, 15) is 9.59 Å². The Morgan fingerprint density at radius 2 is 1.09 bits per heavy atom. The first-order valence-corrected chi connectivity index (χ1v) is 14.7. The van der Waals surface area contributed by atoms with Crippen LogP contribution in [0.4, 0.5) is 5.69 Å². The lowest BCUT2D eigenvalue weighted by atomic mass is 10.1. The Morgan fingerprint density at radius 1 is 0.556 bits per heavy atom. The van der Waals surface area contributed by atoms with Gasteiger partial charge in [-0.2, -0.15) is 0 Å². The predicted molar refractivity (Wildman–Crippen MR) is 174 cm³/mol. The van der Waals surface area contributed by atoms with Crippen molar-refractivity contribution in [3.05, 3.63) is 156 Å². The summed E-state index contributed by atoms with van der Waals surface area (Å²) in [5, 5.41) is 0. The number of hydrogen-bond acceptors (Lipinski definition) is 6. The molecule has 5 rings (SSSR count). The van der Waals surface area contributed by atoms with Gasteiger partial charge in [-0.1, -0.05) is 78.9 Å². The van der Waals surface area contributed by atoms with E-state index in [1.807, 2.05) is 109 Å². The first-order valence-electron chi connectivity index (χ1n) is 14.7. The number of amides is 1. The highest BCUT2D eigenvalue weighted by molar-refractivity contribution is 6.06. The lowest BCUT2D eigenvalue weighted by molar-refractivity contribution is -0.140. The van der Waals surface area contributed by atoms with Crippen molar-refractivity contribution >= 4 is 17.6 Å². The van der Waals surface area contributed by atoms with E-state index in [0.29, 0.717) is 42.6 Å². The largest absolute Gasteiger partial charge is 0.489 e. The molecule has 0 saturated heterocycles. The number of nitrogens with zero attached hydrogens (tertiary/aromatic N) is 1. The maximum atomic E-state index is 13.7. The first kappa shape index (κ1) is 30.9. The fourth-order valence-electron chi connectivity index (χ4n) is 4.59. The van der Waals surface area contributed by atoms with Gasteiger partial charge in [0.15, 0.2) is 0 Å². The van der Waals surface area contributed by atoms with Crippen LogP contribution in [0, 0.1) is 0 Å². The van der Waals surface area contributed by atoms with E-state index < -0.39 is 5.97 Å². The highest BCUT2D eigenvalue weighted by atomic mass is 16.5. The molecule has 0 fully saturated rings. The maximum Gasteiger partial charge on any atom is 0.302 e. The van der Waals surface area contributed by atoms with Crippen molar-refractivity contribution < 1.29 is 28.5 Å². The van der Waals surface area contributed by atoms with Crippen molar-refractivity contribution in [2.75, 3.05) is 18.1 Å². The van der Waals surface area contributed by atoms with Crippen LogP contribution < -0.4 is 19.1 Å². The van der Waals surface area contributed by atoms with Gasteiger partial charge >= 0.3 is 5.97 Å². The normalized spacial score (nSPS) is 10.5. The second-order valence-corrected chi connectivity index (χ2v) is 10.3. The van der Waals surface area contributed by atoms with Gasteiger partial charge in [-0.25, -0.2) is 0 Å². The zero-order chi connectivity index (χ0) is 31.3. The summed E-state index contributed by atoms with van der Waals surface area (Å²) in [6, 6.07) is 42.0. The van der Waals surface area contributed by atoms with E-state index in [2.05, 4.69) is 0 Å². The summed E-state index contributed by atoms with van der Waals surface area (Å²) in [6.07, 6.45) is 0. The Hall–Kier alpha value is -5.56. The van der Waals surface area contributed by atoms with Crippen LogP contribution in [0.1, 0.15) is 34.0 Å². The molecule has 0 atom stereocenters. The molecule has 0 heterocycles. The van der Waals surface area contributed by atoms with Crippen LogP contribution in [0.15, 0.2) is 133 Å². The third-order valence-corrected chi connectivity index (χ3v) is 6.90. The van der Waals surface area contributed by atoms with Crippen molar-refractivity contribution in [1.82, 2.24) is 0 Å². The molecule has 0 saturated carbocycles. The van der Waals surface area contributed by atoms with Crippen LogP contribution in [0.2, 0.25) is 0 Å². The number of ether oxygens (including phenoxy) is 4. The van der Waals surface area contributed by atoms with Crippen LogP contribution in [-0.4, -0.2) is 25.0 Å². The van der Waals surface area contributed by atoms with Gasteiger partial charge in [-0.3, -0.25) is 9.59 Å². The van der Waals surface area contributed by atoms with Gasteiger partial charge < -0.3 is 23.8 Å². The van der Waals surface area contributed by atoms with Crippen molar-refractivity contribution in [1.29, 1.82) is 0 Å². The average molecular weight is 602 g/mol. The number of rotatable bonds is 14. The Balaban J connectivity index is 1.22. The third kappa shape index (κ3) is 9.46. The SMILES string of the molecule is CC(=O)OCCN(C(=O)c1ccc(OCc2cccc(OCc3ccccc3)c2)cc1)c1cccc(OCc2ccccc2)c1. The molecule has 1 amide bonds. The van der Waals surface area contributed by atoms with Crippen molar-refractivity contribution in [3.63, 3.8) is 0 Å². The number of hydrogen-bond donors (Lipinski definition) is 0. The molecule has 0 unspecified atom stereocenters. The molecule has 0 aliphatic rings. The van der Waals surface area contributed by atoms with E-state index in [0.717, 1.165) is 22.4 Å². The van der Waals surface area contributed by atoms with Gasteiger partial charge in [0.25, 0.3) is 5.91 Å². The molecule has 5 aromatic carbocycles. The van der Waals surface area contributed by atoms with Crippen LogP contribution in [-0.2, 0) is 29.4 Å². The molecular weight excluding hydrogens is 566 g/mol. The summed E-state index contributed by atoms with van der Waals surface area (Å²) in [7, 11) is 0. The quantitative estimate of drug-likeness (QED) is 0.122.